The highest BCUT2D eigenvalue weighted by atomic mass is 16.5. The lowest BCUT2D eigenvalue weighted by atomic mass is 9.87. The molecule has 0 saturated carbocycles. The quantitative estimate of drug-likeness (QED) is 0.606. The zero-order valence-electron chi connectivity index (χ0n) is 17.9. The van der Waals surface area contributed by atoms with E-state index >= 15 is 0 Å². The molecule has 154 valence electrons. The molecule has 1 amide bonds. The van der Waals surface area contributed by atoms with Crippen LogP contribution in [0.5, 0.6) is 11.5 Å². The molecule has 0 saturated heterocycles. The van der Waals surface area contributed by atoms with E-state index < -0.39 is 0 Å². The highest BCUT2D eigenvalue weighted by molar-refractivity contribution is 5.86. The Kier molecular flexibility index (Phi) is 6.47. The van der Waals surface area contributed by atoms with E-state index in [1.54, 1.807) is 14.2 Å². The van der Waals surface area contributed by atoms with Gasteiger partial charge in [0.05, 0.1) is 14.2 Å². The van der Waals surface area contributed by atoms with Crippen molar-refractivity contribution in [2.75, 3.05) is 14.2 Å². The maximum atomic E-state index is 12.8. The van der Waals surface area contributed by atoms with Gasteiger partial charge in [-0.05, 0) is 42.7 Å². The number of methoxy groups -OCH3 is 2. The Morgan fingerprint density at radius 3 is 2.52 bits per heavy atom. The molecule has 1 N–H and O–H groups in total. The van der Waals surface area contributed by atoms with Crippen LogP contribution in [0.25, 0.3) is 10.9 Å². The Morgan fingerprint density at radius 1 is 1.10 bits per heavy atom. The fraction of sp³-hybridized carbons (Fsp3) is 0.375. The lowest BCUT2D eigenvalue weighted by Gasteiger charge is -2.20. The van der Waals surface area contributed by atoms with Gasteiger partial charge in [-0.15, -0.1) is 0 Å². The molecule has 3 rings (SSSR count). The van der Waals surface area contributed by atoms with Crippen molar-refractivity contribution in [2.24, 2.45) is 7.05 Å². The minimum Gasteiger partial charge on any atom is -0.493 e. The summed E-state index contributed by atoms with van der Waals surface area (Å²) in [7, 11) is 5.29. The summed E-state index contributed by atoms with van der Waals surface area (Å²) in [5.41, 5.74) is 3.31. The van der Waals surface area contributed by atoms with E-state index in [-0.39, 0.29) is 17.9 Å². The van der Waals surface area contributed by atoms with Gasteiger partial charge in [-0.25, -0.2) is 0 Å². The van der Waals surface area contributed by atoms with Crippen LogP contribution in [0, 0.1) is 0 Å². The third kappa shape index (κ3) is 4.39. The van der Waals surface area contributed by atoms with Crippen LogP contribution in [0.4, 0.5) is 0 Å². The first-order valence-electron chi connectivity index (χ1n) is 10.0. The summed E-state index contributed by atoms with van der Waals surface area (Å²) in [5, 5.41) is 4.26. The van der Waals surface area contributed by atoms with Crippen LogP contribution in [-0.2, 0) is 11.8 Å². The molecule has 0 spiro atoms. The number of benzene rings is 2. The zero-order chi connectivity index (χ0) is 21.0. The summed E-state index contributed by atoms with van der Waals surface area (Å²) in [6.07, 6.45) is 3.40. The van der Waals surface area contributed by atoms with Gasteiger partial charge in [0.25, 0.3) is 0 Å². The van der Waals surface area contributed by atoms with E-state index in [9.17, 15) is 4.79 Å². The standard InChI is InChI=1S/C24H30N2O3/c1-6-16(2)25-24(27)14-19(17-11-12-22(28-4)23(13-17)29-5)20-15-26(3)21-10-8-7-9-18(20)21/h7-13,15-16,19H,6,14H2,1-5H3,(H,25,27). The molecule has 2 aromatic carbocycles. The SMILES string of the molecule is CCC(C)NC(=O)CC(c1ccc(OC)c(OC)c1)c1cn(C)c2ccccc12. The van der Waals surface area contributed by atoms with Gasteiger partial charge >= 0.3 is 0 Å². The second-order valence-corrected chi connectivity index (χ2v) is 7.46. The smallest absolute Gasteiger partial charge is 0.221 e. The Morgan fingerprint density at radius 2 is 1.83 bits per heavy atom. The molecular weight excluding hydrogens is 364 g/mol. The van der Waals surface area contributed by atoms with E-state index in [1.165, 1.54) is 0 Å². The molecule has 2 unspecified atom stereocenters. The molecule has 0 radical (unpaired) electrons. The second kappa shape index (κ2) is 9.03. The lowest BCUT2D eigenvalue weighted by molar-refractivity contribution is -0.121. The van der Waals surface area contributed by atoms with Crippen LogP contribution in [0.2, 0.25) is 0 Å². The topological polar surface area (TPSA) is 52.5 Å². The Bertz CT molecular complexity index is 993. The predicted octanol–water partition coefficient (Wildman–Crippen LogP) is 4.63. The van der Waals surface area contributed by atoms with Gasteiger partial charge in [-0.2, -0.15) is 0 Å². The molecule has 5 nitrogen and oxygen atoms in total. The minimum atomic E-state index is -0.0926. The number of aryl methyl sites for hydroxylation is 1. The van der Waals surface area contributed by atoms with Gasteiger partial charge < -0.3 is 19.4 Å². The number of nitrogens with one attached hydrogen (secondary N) is 1. The molecule has 0 aliphatic rings. The van der Waals surface area contributed by atoms with E-state index in [1.807, 2.05) is 44.3 Å². The number of fused-ring (bicyclic) bond motifs is 1. The normalized spacial score (nSPS) is 13.1. The van der Waals surface area contributed by atoms with Crippen molar-refractivity contribution in [3.8, 4) is 11.5 Å². The van der Waals surface area contributed by atoms with E-state index in [0.717, 1.165) is 28.5 Å². The second-order valence-electron chi connectivity index (χ2n) is 7.46. The summed E-state index contributed by atoms with van der Waals surface area (Å²) in [4.78, 5) is 12.8. The number of hydrogen-bond donors (Lipinski definition) is 1. The van der Waals surface area contributed by atoms with Crippen LogP contribution in [0.1, 0.15) is 43.7 Å². The van der Waals surface area contributed by atoms with Crippen LogP contribution < -0.4 is 14.8 Å². The van der Waals surface area contributed by atoms with Crippen molar-refractivity contribution in [1.29, 1.82) is 0 Å². The third-order valence-electron chi connectivity index (χ3n) is 5.52. The average Bonchev–Trinajstić information content (AvgIpc) is 3.08. The molecular formula is C24H30N2O3. The summed E-state index contributed by atoms with van der Waals surface area (Å²) >= 11 is 0. The molecule has 3 aromatic rings. The average molecular weight is 395 g/mol. The van der Waals surface area contributed by atoms with E-state index in [4.69, 9.17) is 9.47 Å². The summed E-state index contributed by atoms with van der Waals surface area (Å²) in [6.45, 7) is 4.10. The maximum absolute atomic E-state index is 12.8. The highest BCUT2D eigenvalue weighted by Crippen LogP contribution is 2.38. The van der Waals surface area contributed by atoms with Crippen molar-refractivity contribution in [2.45, 2.75) is 38.6 Å². The van der Waals surface area contributed by atoms with E-state index in [0.29, 0.717) is 17.9 Å². The van der Waals surface area contributed by atoms with Gasteiger partial charge in [0, 0.05) is 42.5 Å². The zero-order valence-corrected chi connectivity index (χ0v) is 17.9. The Balaban J connectivity index is 2.08. The van der Waals surface area contributed by atoms with Crippen molar-refractivity contribution in [1.82, 2.24) is 9.88 Å². The first-order chi connectivity index (χ1) is 14.0. The first-order valence-corrected chi connectivity index (χ1v) is 10.0. The molecule has 0 fully saturated rings. The Labute approximate surface area is 172 Å². The van der Waals surface area contributed by atoms with Gasteiger partial charge in [-0.1, -0.05) is 31.2 Å². The third-order valence-corrected chi connectivity index (χ3v) is 5.52. The van der Waals surface area contributed by atoms with Crippen molar-refractivity contribution >= 4 is 16.8 Å². The van der Waals surface area contributed by atoms with Crippen LogP contribution in [-0.4, -0.2) is 30.7 Å². The van der Waals surface area contributed by atoms with Gasteiger partial charge in [-0.3, -0.25) is 4.79 Å². The molecule has 5 heteroatoms. The van der Waals surface area contributed by atoms with Crippen LogP contribution >= 0.6 is 0 Å². The van der Waals surface area contributed by atoms with Crippen LogP contribution in [0.15, 0.2) is 48.7 Å². The van der Waals surface area contributed by atoms with Crippen LogP contribution in [0.3, 0.4) is 0 Å². The summed E-state index contributed by atoms with van der Waals surface area (Å²) < 4.78 is 13.0. The molecule has 2 atom stereocenters. The van der Waals surface area contributed by atoms with Gasteiger partial charge in [0.1, 0.15) is 0 Å². The maximum Gasteiger partial charge on any atom is 0.221 e. The first kappa shape index (κ1) is 20.8. The number of nitrogens with zero attached hydrogens (tertiary/aromatic N) is 1. The van der Waals surface area contributed by atoms with Gasteiger partial charge in [0.15, 0.2) is 11.5 Å². The predicted molar refractivity (Wildman–Crippen MR) is 117 cm³/mol. The number of hydrogen-bond acceptors (Lipinski definition) is 3. The number of carbonyl (C=O) groups is 1. The summed E-state index contributed by atoms with van der Waals surface area (Å²) in [5.74, 6) is 1.30. The number of para-hydroxylation sites is 1. The molecule has 0 bridgehead atoms. The monoisotopic (exact) mass is 394 g/mol. The largest absolute Gasteiger partial charge is 0.493 e. The van der Waals surface area contributed by atoms with Gasteiger partial charge in [0.2, 0.25) is 5.91 Å². The number of ether oxygens (including phenoxy) is 2. The minimum absolute atomic E-state index is 0.0482. The number of rotatable bonds is 8. The summed E-state index contributed by atoms with van der Waals surface area (Å²) in [6, 6.07) is 14.3. The molecule has 1 heterocycles. The number of carbonyl (C=O) groups excluding carboxylic acids is 1. The number of aromatic nitrogens is 1. The fourth-order valence-corrected chi connectivity index (χ4v) is 3.75. The van der Waals surface area contributed by atoms with Crippen molar-refractivity contribution in [3.05, 3.63) is 59.8 Å². The highest BCUT2D eigenvalue weighted by Gasteiger charge is 2.24. The number of amides is 1. The lowest BCUT2D eigenvalue weighted by Crippen LogP contribution is -2.33. The fourth-order valence-electron chi connectivity index (χ4n) is 3.75. The molecule has 1 aromatic heterocycles. The molecule has 0 aliphatic heterocycles. The van der Waals surface area contributed by atoms with Crippen molar-refractivity contribution in [3.63, 3.8) is 0 Å². The van der Waals surface area contributed by atoms with Crippen molar-refractivity contribution < 1.29 is 14.3 Å². The van der Waals surface area contributed by atoms with E-state index in [2.05, 4.69) is 35.1 Å². The molecule has 0 aliphatic carbocycles. The molecule has 29 heavy (non-hydrogen) atoms. The Hall–Kier alpha value is -2.95.